The largest absolute Gasteiger partial charge is 0.383 e. The molecule has 1 fully saturated rings. The number of hydrogen-bond acceptors (Lipinski definition) is 7. The highest BCUT2D eigenvalue weighted by atomic mass is 32.1. The number of fused-ring (bicyclic) bond motifs is 1. The fourth-order valence-corrected chi connectivity index (χ4v) is 6.04. The molecule has 7 nitrogen and oxygen atoms in total. The summed E-state index contributed by atoms with van der Waals surface area (Å²) in [6.07, 6.45) is 0.937. The van der Waals surface area contributed by atoms with Gasteiger partial charge in [-0.2, -0.15) is 0 Å². The Kier molecular flexibility index (Phi) is 7.73. The summed E-state index contributed by atoms with van der Waals surface area (Å²) >= 11 is 3.52. The van der Waals surface area contributed by atoms with Gasteiger partial charge in [0.25, 0.3) is 0 Å². The minimum absolute atomic E-state index is 0.0280. The number of carbonyl (C=O) groups excluding carboxylic acids is 2. The van der Waals surface area contributed by atoms with E-state index in [0.717, 1.165) is 39.1 Å². The molecule has 0 radical (unpaired) electrons. The molecule has 31 heavy (non-hydrogen) atoms. The number of ether oxygens (including phenoxy) is 1. The monoisotopic (exact) mass is 462 g/mol. The van der Waals surface area contributed by atoms with Gasteiger partial charge in [0.15, 0.2) is 0 Å². The summed E-state index contributed by atoms with van der Waals surface area (Å²) in [4.78, 5) is 34.4. The Morgan fingerprint density at radius 3 is 2.55 bits per heavy atom. The first-order valence-electron chi connectivity index (χ1n) is 10.7. The molecular weight excluding hydrogens is 432 g/mol. The molecule has 2 aromatic heterocycles. The van der Waals surface area contributed by atoms with Gasteiger partial charge in [0.05, 0.1) is 25.7 Å². The predicted octanol–water partition coefficient (Wildman–Crippen LogP) is 1.66. The van der Waals surface area contributed by atoms with Crippen LogP contribution in [0.5, 0.6) is 0 Å². The first-order chi connectivity index (χ1) is 15.2. The van der Waals surface area contributed by atoms with Crippen LogP contribution in [0.2, 0.25) is 0 Å². The topological polar surface area (TPSA) is 65.1 Å². The fraction of sp³-hybridized carbons (Fsp3) is 0.545. The van der Waals surface area contributed by atoms with E-state index in [2.05, 4.69) is 49.0 Å². The number of thiophene rings is 2. The SMILES string of the molecule is COCCNC(=O)CN1CCN(CC(=O)N2CCc3sccc3C2c2cccs2)CC1. The zero-order valence-electron chi connectivity index (χ0n) is 17.9. The van der Waals surface area contributed by atoms with Gasteiger partial charge in [0, 0.05) is 56.1 Å². The molecule has 2 aromatic rings. The highest BCUT2D eigenvalue weighted by Crippen LogP contribution is 2.39. The molecule has 2 aliphatic rings. The highest BCUT2D eigenvalue weighted by molar-refractivity contribution is 7.10. The molecule has 168 valence electrons. The summed E-state index contributed by atoms with van der Waals surface area (Å²) in [5.41, 5.74) is 1.29. The Bertz CT molecular complexity index is 862. The second-order valence-electron chi connectivity index (χ2n) is 7.95. The third-order valence-electron chi connectivity index (χ3n) is 5.92. The third-order valence-corrected chi connectivity index (χ3v) is 7.84. The lowest BCUT2D eigenvalue weighted by Gasteiger charge is -2.38. The lowest BCUT2D eigenvalue weighted by Crippen LogP contribution is -2.52. The van der Waals surface area contributed by atoms with E-state index in [1.54, 1.807) is 29.8 Å². The summed E-state index contributed by atoms with van der Waals surface area (Å²) in [6.45, 7) is 5.89. The van der Waals surface area contributed by atoms with Gasteiger partial charge in [-0.05, 0) is 34.9 Å². The molecule has 0 aromatic carbocycles. The zero-order valence-corrected chi connectivity index (χ0v) is 19.6. The van der Waals surface area contributed by atoms with Crippen LogP contribution in [0.25, 0.3) is 0 Å². The van der Waals surface area contributed by atoms with E-state index in [1.165, 1.54) is 15.3 Å². The Labute approximate surface area is 191 Å². The van der Waals surface area contributed by atoms with Gasteiger partial charge >= 0.3 is 0 Å². The van der Waals surface area contributed by atoms with Crippen LogP contribution in [0.1, 0.15) is 21.4 Å². The number of amides is 2. The molecule has 1 saturated heterocycles. The fourth-order valence-electron chi connectivity index (χ4n) is 4.28. The van der Waals surface area contributed by atoms with Crippen LogP contribution >= 0.6 is 22.7 Å². The minimum Gasteiger partial charge on any atom is -0.383 e. The van der Waals surface area contributed by atoms with Gasteiger partial charge in [0.2, 0.25) is 11.8 Å². The van der Waals surface area contributed by atoms with Crippen molar-refractivity contribution in [2.75, 3.05) is 66.1 Å². The lowest BCUT2D eigenvalue weighted by molar-refractivity contribution is -0.135. The van der Waals surface area contributed by atoms with Crippen LogP contribution in [-0.4, -0.2) is 92.6 Å². The van der Waals surface area contributed by atoms with Gasteiger partial charge in [-0.15, -0.1) is 22.7 Å². The standard InChI is InChI=1S/C22H30N4O3S2/c1-29-12-6-23-20(27)15-24-8-10-25(11-9-24)16-21(28)26-7-4-18-17(5-14-31-18)22(26)19-3-2-13-30-19/h2-3,5,13-14,22H,4,6-12,15-16H2,1H3,(H,23,27). The Morgan fingerprint density at radius 2 is 1.84 bits per heavy atom. The second-order valence-corrected chi connectivity index (χ2v) is 9.93. The smallest absolute Gasteiger partial charge is 0.237 e. The maximum absolute atomic E-state index is 13.3. The van der Waals surface area contributed by atoms with Crippen molar-refractivity contribution in [2.45, 2.75) is 12.5 Å². The molecule has 4 rings (SSSR count). The summed E-state index contributed by atoms with van der Waals surface area (Å²) in [5, 5.41) is 7.09. The number of nitrogens with zero attached hydrogens (tertiary/aromatic N) is 3. The van der Waals surface area contributed by atoms with Gasteiger partial charge < -0.3 is 15.0 Å². The van der Waals surface area contributed by atoms with Crippen LogP contribution in [0.4, 0.5) is 0 Å². The second kappa shape index (κ2) is 10.7. The van der Waals surface area contributed by atoms with Crippen molar-refractivity contribution < 1.29 is 14.3 Å². The first-order valence-corrected chi connectivity index (χ1v) is 12.5. The number of nitrogens with one attached hydrogen (secondary N) is 1. The van der Waals surface area contributed by atoms with Crippen molar-refractivity contribution in [3.8, 4) is 0 Å². The summed E-state index contributed by atoms with van der Waals surface area (Å²) in [6, 6.07) is 6.42. The van der Waals surface area contributed by atoms with Gasteiger partial charge in [-0.1, -0.05) is 6.07 Å². The summed E-state index contributed by atoms with van der Waals surface area (Å²) in [7, 11) is 1.62. The highest BCUT2D eigenvalue weighted by Gasteiger charge is 2.34. The number of rotatable bonds is 8. The first kappa shape index (κ1) is 22.4. The van der Waals surface area contributed by atoms with Crippen LogP contribution in [0.3, 0.4) is 0 Å². The van der Waals surface area contributed by atoms with Crippen LogP contribution in [-0.2, 0) is 20.7 Å². The minimum atomic E-state index is 0.0280. The third kappa shape index (κ3) is 5.53. The molecule has 0 aliphatic carbocycles. The molecule has 0 bridgehead atoms. The van der Waals surface area contributed by atoms with Gasteiger partial charge in [-0.25, -0.2) is 0 Å². The molecule has 1 unspecified atom stereocenters. The maximum Gasteiger partial charge on any atom is 0.237 e. The molecule has 2 aliphatic heterocycles. The molecule has 4 heterocycles. The van der Waals surface area contributed by atoms with Gasteiger partial charge in [-0.3, -0.25) is 19.4 Å². The maximum atomic E-state index is 13.3. The number of piperazine rings is 1. The summed E-state index contributed by atoms with van der Waals surface area (Å²) < 4.78 is 4.96. The molecular formula is C22H30N4O3S2. The van der Waals surface area contributed by atoms with E-state index in [9.17, 15) is 9.59 Å². The molecule has 2 amide bonds. The lowest BCUT2D eigenvalue weighted by atomic mass is 9.98. The quantitative estimate of drug-likeness (QED) is 0.605. The predicted molar refractivity (Wildman–Crippen MR) is 124 cm³/mol. The van der Waals surface area contributed by atoms with Crippen molar-refractivity contribution in [2.24, 2.45) is 0 Å². The zero-order chi connectivity index (χ0) is 21.6. The van der Waals surface area contributed by atoms with E-state index in [0.29, 0.717) is 26.2 Å². The average molecular weight is 463 g/mol. The van der Waals surface area contributed by atoms with Crippen LogP contribution in [0.15, 0.2) is 29.0 Å². The Balaban J connectivity index is 1.30. The number of carbonyl (C=O) groups is 2. The number of hydrogen-bond donors (Lipinski definition) is 1. The van der Waals surface area contributed by atoms with Crippen LogP contribution < -0.4 is 5.32 Å². The van der Waals surface area contributed by atoms with Crippen molar-refractivity contribution >= 4 is 34.5 Å². The van der Waals surface area contributed by atoms with Crippen molar-refractivity contribution in [1.82, 2.24) is 20.0 Å². The van der Waals surface area contributed by atoms with Gasteiger partial charge in [0.1, 0.15) is 0 Å². The molecule has 0 saturated carbocycles. The van der Waals surface area contributed by atoms with E-state index in [4.69, 9.17) is 4.74 Å². The van der Waals surface area contributed by atoms with E-state index >= 15 is 0 Å². The van der Waals surface area contributed by atoms with Crippen LogP contribution in [0, 0.1) is 0 Å². The number of methoxy groups -OCH3 is 1. The Morgan fingerprint density at radius 1 is 1.06 bits per heavy atom. The molecule has 0 spiro atoms. The van der Waals surface area contributed by atoms with E-state index < -0.39 is 0 Å². The summed E-state index contributed by atoms with van der Waals surface area (Å²) in [5.74, 6) is 0.223. The molecule has 1 atom stereocenters. The van der Waals surface area contributed by atoms with Crippen molar-refractivity contribution in [3.63, 3.8) is 0 Å². The molecule has 9 heteroatoms. The van der Waals surface area contributed by atoms with Crippen molar-refractivity contribution in [3.05, 3.63) is 44.3 Å². The van der Waals surface area contributed by atoms with E-state index in [1.807, 2.05) is 0 Å². The normalized spacial score (nSPS) is 19.9. The Hall–Kier alpha value is -1.78. The average Bonchev–Trinajstić information content (AvgIpc) is 3.46. The van der Waals surface area contributed by atoms with E-state index in [-0.39, 0.29) is 17.9 Å². The van der Waals surface area contributed by atoms with Crippen molar-refractivity contribution in [1.29, 1.82) is 0 Å². The molecule has 1 N–H and O–H groups in total.